The van der Waals surface area contributed by atoms with Gasteiger partial charge in [0.15, 0.2) is 5.71 Å². The molecule has 7 nitrogen and oxygen atoms in total. The zero-order chi connectivity index (χ0) is 14.0. The number of hydrogen-bond donors (Lipinski definition) is 2. The molecular weight excluding hydrogens is 274 g/mol. The number of phenols is 1. The molecular formula is C11H9NO6S. The molecule has 2 rings (SSSR count). The van der Waals surface area contributed by atoms with Crippen LogP contribution in [-0.4, -0.2) is 36.9 Å². The van der Waals surface area contributed by atoms with E-state index in [4.69, 9.17) is 14.9 Å². The molecule has 100 valence electrons. The minimum atomic E-state index is -3.97. The standard InChI is InChI=1S/C11H9NO6S/c13-7-1-3-8(4-2-7)18-6-9-5-10(11(14)15)12-19(9,16)17/h1-5,13H,6H2,(H,14,15). The predicted octanol–water partition coefficient (Wildman–Crippen LogP) is 0.524. The molecule has 0 aliphatic carbocycles. The van der Waals surface area contributed by atoms with E-state index in [9.17, 15) is 13.2 Å². The maximum atomic E-state index is 11.5. The van der Waals surface area contributed by atoms with Crippen LogP contribution in [0.3, 0.4) is 0 Å². The summed E-state index contributed by atoms with van der Waals surface area (Å²) >= 11 is 0. The third-order valence-corrected chi connectivity index (χ3v) is 3.62. The van der Waals surface area contributed by atoms with Gasteiger partial charge >= 0.3 is 5.97 Å². The lowest BCUT2D eigenvalue weighted by Crippen LogP contribution is -2.07. The number of carboxylic acid groups (broad SMARTS) is 1. The SMILES string of the molecule is O=C(O)C1=NS(=O)(=O)C(COc2ccc(O)cc2)=C1. The van der Waals surface area contributed by atoms with Crippen molar-refractivity contribution in [1.82, 2.24) is 0 Å². The number of ether oxygens (including phenoxy) is 1. The second kappa shape index (κ2) is 4.73. The number of aromatic hydroxyl groups is 1. The Labute approximate surface area is 108 Å². The molecule has 2 N–H and O–H groups in total. The fourth-order valence-corrected chi connectivity index (χ4v) is 2.33. The minimum absolute atomic E-state index is 0.0524. The number of carbonyl (C=O) groups is 1. The second-order valence-corrected chi connectivity index (χ2v) is 5.31. The van der Waals surface area contributed by atoms with Crippen LogP contribution in [-0.2, 0) is 14.8 Å². The Kier molecular flexibility index (Phi) is 3.26. The van der Waals surface area contributed by atoms with E-state index in [-0.39, 0.29) is 17.3 Å². The second-order valence-electron chi connectivity index (χ2n) is 3.65. The first kappa shape index (κ1) is 13.1. The van der Waals surface area contributed by atoms with E-state index in [1.807, 2.05) is 0 Å². The maximum absolute atomic E-state index is 11.5. The topological polar surface area (TPSA) is 113 Å². The molecule has 0 atom stereocenters. The number of phenolic OH excluding ortho intramolecular Hbond substituents is 1. The summed E-state index contributed by atoms with van der Waals surface area (Å²) in [5, 5.41) is 17.7. The summed E-state index contributed by atoms with van der Waals surface area (Å²) in [7, 11) is -3.97. The van der Waals surface area contributed by atoms with Gasteiger partial charge in [0.05, 0.1) is 0 Å². The quantitative estimate of drug-likeness (QED) is 0.833. The fourth-order valence-electron chi connectivity index (χ4n) is 1.36. The van der Waals surface area contributed by atoms with Gasteiger partial charge in [-0.25, -0.2) is 4.79 Å². The molecule has 1 aromatic rings. The van der Waals surface area contributed by atoms with Crippen molar-refractivity contribution in [1.29, 1.82) is 0 Å². The van der Waals surface area contributed by atoms with Crippen LogP contribution in [0.1, 0.15) is 0 Å². The van der Waals surface area contributed by atoms with Crippen LogP contribution in [0.4, 0.5) is 0 Å². The average molecular weight is 283 g/mol. The Balaban J connectivity index is 2.11. The summed E-state index contributed by atoms with van der Waals surface area (Å²) < 4.78 is 31.3. The van der Waals surface area contributed by atoms with E-state index < -0.39 is 21.7 Å². The van der Waals surface area contributed by atoms with Gasteiger partial charge in [-0.05, 0) is 30.3 Å². The molecule has 0 unspecified atom stereocenters. The average Bonchev–Trinajstić information content (AvgIpc) is 2.64. The number of rotatable bonds is 4. The smallest absolute Gasteiger partial charge is 0.355 e. The molecule has 0 radical (unpaired) electrons. The van der Waals surface area contributed by atoms with Gasteiger partial charge in [-0.2, -0.15) is 12.8 Å². The third kappa shape index (κ3) is 2.91. The van der Waals surface area contributed by atoms with Gasteiger partial charge in [0.2, 0.25) is 0 Å². The van der Waals surface area contributed by atoms with Crippen LogP contribution in [0.5, 0.6) is 11.5 Å². The summed E-state index contributed by atoms with van der Waals surface area (Å²) in [6, 6.07) is 5.67. The molecule has 0 spiro atoms. The summed E-state index contributed by atoms with van der Waals surface area (Å²) in [5.74, 6) is -1.02. The highest BCUT2D eigenvalue weighted by Gasteiger charge is 2.28. The van der Waals surface area contributed by atoms with Crippen LogP contribution >= 0.6 is 0 Å². The van der Waals surface area contributed by atoms with Crippen molar-refractivity contribution in [3.63, 3.8) is 0 Å². The molecule has 0 bridgehead atoms. The molecule has 0 saturated carbocycles. The number of nitrogens with zero attached hydrogens (tertiary/aromatic N) is 1. The van der Waals surface area contributed by atoms with Crippen LogP contribution in [0, 0.1) is 0 Å². The highest BCUT2D eigenvalue weighted by molar-refractivity contribution is 7.94. The van der Waals surface area contributed by atoms with Gasteiger partial charge in [0.1, 0.15) is 23.0 Å². The summed E-state index contributed by atoms with van der Waals surface area (Å²) in [6.45, 7) is -0.326. The number of sulfonamides is 1. The van der Waals surface area contributed by atoms with E-state index in [2.05, 4.69) is 4.40 Å². The van der Waals surface area contributed by atoms with Crippen molar-refractivity contribution in [2.24, 2.45) is 4.40 Å². The fraction of sp³-hybridized carbons (Fsp3) is 0.0909. The van der Waals surface area contributed by atoms with Gasteiger partial charge in [-0.3, -0.25) is 0 Å². The van der Waals surface area contributed by atoms with Crippen molar-refractivity contribution in [3.05, 3.63) is 35.2 Å². The van der Waals surface area contributed by atoms with Gasteiger partial charge in [0.25, 0.3) is 10.0 Å². The van der Waals surface area contributed by atoms with Gasteiger partial charge < -0.3 is 14.9 Å². The lowest BCUT2D eigenvalue weighted by molar-refractivity contribution is -0.129. The Morgan fingerprint density at radius 3 is 2.42 bits per heavy atom. The molecule has 0 fully saturated rings. The van der Waals surface area contributed by atoms with E-state index in [1.54, 1.807) is 0 Å². The van der Waals surface area contributed by atoms with Crippen molar-refractivity contribution in [2.45, 2.75) is 0 Å². The van der Waals surface area contributed by atoms with Gasteiger partial charge in [0, 0.05) is 0 Å². The highest BCUT2D eigenvalue weighted by atomic mass is 32.2. The Morgan fingerprint density at radius 1 is 1.26 bits per heavy atom. The van der Waals surface area contributed by atoms with E-state index in [1.165, 1.54) is 24.3 Å². The van der Waals surface area contributed by atoms with Crippen LogP contribution in [0.25, 0.3) is 0 Å². The number of benzene rings is 1. The minimum Gasteiger partial charge on any atom is -0.508 e. The molecule has 19 heavy (non-hydrogen) atoms. The largest absolute Gasteiger partial charge is 0.508 e. The van der Waals surface area contributed by atoms with E-state index in [0.717, 1.165) is 6.08 Å². The number of aliphatic carboxylic acids is 1. The first-order valence-corrected chi connectivity index (χ1v) is 6.53. The monoisotopic (exact) mass is 283 g/mol. The maximum Gasteiger partial charge on any atom is 0.355 e. The normalized spacial score (nSPS) is 16.6. The van der Waals surface area contributed by atoms with Crippen molar-refractivity contribution < 1.29 is 28.2 Å². The summed E-state index contributed by atoms with van der Waals surface area (Å²) in [4.78, 5) is 10.4. The lowest BCUT2D eigenvalue weighted by Gasteiger charge is -2.05. The summed E-state index contributed by atoms with van der Waals surface area (Å²) in [5.41, 5.74) is -0.538. The zero-order valence-corrected chi connectivity index (χ0v) is 10.3. The van der Waals surface area contributed by atoms with E-state index >= 15 is 0 Å². The highest BCUT2D eigenvalue weighted by Crippen LogP contribution is 2.20. The molecule has 0 amide bonds. The van der Waals surface area contributed by atoms with Crippen LogP contribution < -0.4 is 4.74 Å². The predicted molar refractivity (Wildman–Crippen MR) is 65.7 cm³/mol. The molecule has 0 aromatic heterocycles. The van der Waals surface area contributed by atoms with Crippen molar-refractivity contribution >= 4 is 21.7 Å². The van der Waals surface area contributed by atoms with Crippen LogP contribution in [0.15, 0.2) is 39.6 Å². The van der Waals surface area contributed by atoms with Gasteiger partial charge in [-0.1, -0.05) is 0 Å². The molecule has 1 aliphatic rings. The zero-order valence-electron chi connectivity index (χ0n) is 9.48. The Morgan fingerprint density at radius 2 is 1.89 bits per heavy atom. The third-order valence-electron chi connectivity index (χ3n) is 2.28. The van der Waals surface area contributed by atoms with Crippen molar-refractivity contribution in [2.75, 3.05) is 6.61 Å². The lowest BCUT2D eigenvalue weighted by atomic mass is 10.3. The van der Waals surface area contributed by atoms with Crippen molar-refractivity contribution in [3.8, 4) is 11.5 Å². The Hall–Kier alpha value is -2.35. The van der Waals surface area contributed by atoms with E-state index in [0.29, 0.717) is 5.75 Å². The molecule has 1 heterocycles. The molecule has 1 aliphatic heterocycles. The van der Waals surface area contributed by atoms with Gasteiger partial charge in [-0.15, -0.1) is 0 Å². The molecule has 8 heteroatoms. The first-order chi connectivity index (χ1) is 8.88. The Bertz CT molecular complexity index is 672. The first-order valence-electron chi connectivity index (χ1n) is 5.09. The molecule has 1 aromatic carbocycles. The van der Waals surface area contributed by atoms with Crippen LogP contribution in [0.2, 0.25) is 0 Å². The number of hydrogen-bond acceptors (Lipinski definition) is 5. The number of carboxylic acids is 1. The molecule has 0 saturated heterocycles. The summed E-state index contributed by atoms with van der Waals surface area (Å²) in [6.07, 6.45) is 0.956.